The third-order valence-corrected chi connectivity index (χ3v) is 5.92. The standard InChI is InChI=1S/C22H29N5O3/c1-2-30-19-6-4-3-5-18(19)25-11-13-27(14-12-25)21-15-20(23-16-24-21)26-9-7-17(8-10-26)22(28)29/h3-6,15-17H,2,7-14H2,1H3,(H,28,29). The molecule has 2 fully saturated rings. The lowest BCUT2D eigenvalue weighted by Crippen LogP contribution is -2.47. The number of anilines is 3. The average molecular weight is 412 g/mol. The van der Waals surface area contributed by atoms with Crippen LogP contribution in [-0.2, 0) is 4.79 Å². The van der Waals surface area contributed by atoms with Gasteiger partial charge in [-0.2, -0.15) is 0 Å². The first-order chi connectivity index (χ1) is 14.7. The van der Waals surface area contributed by atoms with Crippen molar-refractivity contribution in [3.8, 4) is 5.75 Å². The number of benzene rings is 1. The molecule has 0 radical (unpaired) electrons. The monoisotopic (exact) mass is 411 g/mol. The van der Waals surface area contributed by atoms with Crippen molar-refractivity contribution in [1.29, 1.82) is 0 Å². The number of hydrogen-bond donors (Lipinski definition) is 1. The molecule has 3 heterocycles. The van der Waals surface area contributed by atoms with E-state index in [0.29, 0.717) is 19.4 Å². The van der Waals surface area contributed by atoms with E-state index >= 15 is 0 Å². The zero-order valence-corrected chi connectivity index (χ0v) is 17.4. The van der Waals surface area contributed by atoms with Crippen molar-refractivity contribution in [2.24, 2.45) is 5.92 Å². The number of piperidine rings is 1. The topological polar surface area (TPSA) is 82.0 Å². The number of nitrogens with zero attached hydrogens (tertiary/aromatic N) is 5. The molecule has 0 saturated carbocycles. The number of aliphatic carboxylic acids is 1. The predicted molar refractivity (Wildman–Crippen MR) is 117 cm³/mol. The van der Waals surface area contributed by atoms with Gasteiger partial charge in [0.15, 0.2) is 0 Å². The molecule has 8 nitrogen and oxygen atoms in total. The molecule has 2 aliphatic rings. The Morgan fingerprint density at radius 2 is 1.60 bits per heavy atom. The van der Waals surface area contributed by atoms with Crippen LogP contribution in [0.2, 0.25) is 0 Å². The van der Waals surface area contributed by atoms with Crippen molar-refractivity contribution in [3.05, 3.63) is 36.7 Å². The second-order valence-corrected chi connectivity index (χ2v) is 7.71. The van der Waals surface area contributed by atoms with E-state index in [1.807, 2.05) is 25.1 Å². The second kappa shape index (κ2) is 9.19. The Morgan fingerprint density at radius 3 is 2.23 bits per heavy atom. The number of carbonyl (C=O) groups is 1. The summed E-state index contributed by atoms with van der Waals surface area (Å²) in [5.41, 5.74) is 1.14. The Kier molecular flexibility index (Phi) is 6.21. The molecule has 8 heteroatoms. The van der Waals surface area contributed by atoms with Crippen LogP contribution in [0.15, 0.2) is 36.7 Å². The maximum atomic E-state index is 11.2. The molecule has 30 heavy (non-hydrogen) atoms. The third kappa shape index (κ3) is 4.42. The SMILES string of the molecule is CCOc1ccccc1N1CCN(c2cc(N3CCC(C(=O)O)CC3)ncn2)CC1. The van der Waals surface area contributed by atoms with Gasteiger partial charge in [-0.05, 0) is 31.9 Å². The van der Waals surface area contributed by atoms with Crippen LogP contribution >= 0.6 is 0 Å². The summed E-state index contributed by atoms with van der Waals surface area (Å²) >= 11 is 0. The first-order valence-electron chi connectivity index (χ1n) is 10.7. The van der Waals surface area contributed by atoms with Gasteiger partial charge in [0.2, 0.25) is 0 Å². The number of carboxylic acids is 1. The van der Waals surface area contributed by atoms with Crippen LogP contribution in [0.4, 0.5) is 17.3 Å². The average Bonchev–Trinajstić information content (AvgIpc) is 2.80. The number of piperazine rings is 1. The van der Waals surface area contributed by atoms with Crippen LogP contribution in [0.1, 0.15) is 19.8 Å². The minimum absolute atomic E-state index is 0.241. The van der Waals surface area contributed by atoms with Crippen LogP contribution in [-0.4, -0.2) is 66.9 Å². The Balaban J connectivity index is 1.39. The van der Waals surface area contributed by atoms with Crippen molar-refractivity contribution in [2.45, 2.75) is 19.8 Å². The zero-order chi connectivity index (χ0) is 20.9. The third-order valence-electron chi connectivity index (χ3n) is 5.92. The molecular weight excluding hydrogens is 382 g/mol. The van der Waals surface area contributed by atoms with E-state index in [1.165, 1.54) is 0 Å². The molecule has 0 unspecified atom stereocenters. The van der Waals surface area contributed by atoms with Crippen molar-refractivity contribution in [1.82, 2.24) is 9.97 Å². The molecule has 0 bridgehead atoms. The minimum atomic E-state index is -0.693. The van der Waals surface area contributed by atoms with E-state index in [4.69, 9.17) is 4.74 Å². The van der Waals surface area contributed by atoms with Gasteiger partial charge in [0.25, 0.3) is 0 Å². The first kappa shape index (κ1) is 20.3. The number of para-hydroxylation sites is 2. The molecule has 2 saturated heterocycles. The summed E-state index contributed by atoms with van der Waals surface area (Å²) in [6.45, 7) is 7.64. The molecule has 0 atom stereocenters. The van der Waals surface area contributed by atoms with E-state index in [9.17, 15) is 9.90 Å². The Bertz CT molecular complexity index is 861. The van der Waals surface area contributed by atoms with E-state index < -0.39 is 5.97 Å². The predicted octanol–water partition coefficient (Wildman–Crippen LogP) is 2.50. The van der Waals surface area contributed by atoms with Gasteiger partial charge < -0.3 is 24.5 Å². The summed E-state index contributed by atoms with van der Waals surface area (Å²) in [6, 6.07) is 10.2. The first-order valence-corrected chi connectivity index (χ1v) is 10.7. The fourth-order valence-corrected chi connectivity index (χ4v) is 4.21. The molecule has 0 spiro atoms. The Labute approximate surface area is 177 Å². The molecular formula is C22H29N5O3. The van der Waals surface area contributed by atoms with Gasteiger partial charge >= 0.3 is 5.97 Å². The highest BCUT2D eigenvalue weighted by atomic mass is 16.5. The summed E-state index contributed by atoms with van der Waals surface area (Å²) in [5, 5.41) is 9.20. The van der Waals surface area contributed by atoms with Gasteiger partial charge in [0, 0.05) is 45.3 Å². The summed E-state index contributed by atoms with van der Waals surface area (Å²) in [5.74, 6) is 1.81. The van der Waals surface area contributed by atoms with Gasteiger partial charge in [-0.25, -0.2) is 9.97 Å². The molecule has 0 aliphatic carbocycles. The van der Waals surface area contributed by atoms with E-state index in [1.54, 1.807) is 6.33 Å². The number of rotatable bonds is 6. The number of hydrogen-bond acceptors (Lipinski definition) is 7. The molecule has 4 rings (SSSR count). The highest BCUT2D eigenvalue weighted by Crippen LogP contribution is 2.30. The van der Waals surface area contributed by atoms with Gasteiger partial charge in [-0.15, -0.1) is 0 Å². The Hall–Kier alpha value is -3.03. The van der Waals surface area contributed by atoms with Crippen LogP contribution in [0, 0.1) is 5.92 Å². The largest absolute Gasteiger partial charge is 0.492 e. The van der Waals surface area contributed by atoms with Gasteiger partial charge in [-0.3, -0.25) is 4.79 Å². The fourth-order valence-electron chi connectivity index (χ4n) is 4.21. The van der Waals surface area contributed by atoms with Crippen molar-refractivity contribution >= 4 is 23.3 Å². The lowest BCUT2D eigenvalue weighted by Gasteiger charge is -2.37. The normalized spacial score (nSPS) is 17.8. The summed E-state index contributed by atoms with van der Waals surface area (Å²) in [4.78, 5) is 26.9. The number of ether oxygens (including phenoxy) is 1. The maximum Gasteiger partial charge on any atom is 0.306 e. The second-order valence-electron chi connectivity index (χ2n) is 7.71. The van der Waals surface area contributed by atoms with Gasteiger partial charge in [0.1, 0.15) is 23.7 Å². The molecule has 0 amide bonds. The molecule has 1 aromatic carbocycles. The quantitative estimate of drug-likeness (QED) is 0.777. The van der Waals surface area contributed by atoms with Gasteiger partial charge in [0.05, 0.1) is 18.2 Å². The Morgan fingerprint density at radius 1 is 1.00 bits per heavy atom. The maximum absolute atomic E-state index is 11.2. The molecule has 2 aromatic rings. The zero-order valence-electron chi connectivity index (χ0n) is 17.4. The highest BCUT2D eigenvalue weighted by molar-refractivity contribution is 5.70. The lowest BCUT2D eigenvalue weighted by molar-refractivity contribution is -0.142. The van der Waals surface area contributed by atoms with Gasteiger partial charge in [-0.1, -0.05) is 12.1 Å². The number of aromatic nitrogens is 2. The summed E-state index contributed by atoms with van der Waals surface area (Å²) in [6.07, 6.45) is 2.93. The van der Waals surface area contributed by atoms with Crippen molar-refractivity contribution < 1.29 is 14.6 Å². The van der Waals surface area contributed by atoms with Crippen molar-refractivity contribution in [3.63, 3.8) is 0 Å². The highest BCUT2D eigenvalue weighted by Gasteiger charge is 2.26. The van der Waals surface area contributed by atoms with Crippen LogP contribution in [0.3, 0.4) is 0 Å². The van der Waals surface area contributed by atoms with Crippen LogP contribution < -0.4 is 19.4 Å². The summed E-state index contributed by atoms with van der Waals surface area (Å²) in [7, 11) is 0. The van der Waals surface area contributed by atoms with E-state index in [-0.39, 0.29) is 5.92 Å². The smallest absolute Gasteiger partial charge is 0.306 e. The van der Waals surface area contributed by atoms with E-state index in [2.05, 4.69) is 36.8 Å². The molecule has 160 valence electrons. The molecule has 1 N–H and O–H groups in total. The molecule has 2 aliphatic heterocycles. The number of carboxylic acid groups (broad SMARTS) is 1. The van der Waals surface area contributed by atoms with Crippen LogP contribution in [0.25, 0.3) is 0 Å². The van der Waals surface area contributed by atoms with Crippen LogP contribution in [0.5, 0.6) is 5.75 Å². The lowest BCUT2D eigenvalue weighted by atomic mass is 9.97. The molecule has 1 aromatic heterocycles. The summed E-state index contributed by atoms with van der Waals surface area (Å²) < 4.78 is 5.79. The fraction of sp³-hybridized carbons (Fsp3) is 0.500. The van der Waals surface area contributed by atoms with E-state index in [0.717, 1.165) is 62.3 Å². The van der Waals surface area contributed by atoms with Crippen molar-refractivity contribution in [2.75, 3.05) is 60.6 Å². The minimum Gasteiger partial charge on any atom is -0.492 e.